The highest BCUT2D eigenvalue weighted by atomic mass is 16.5. The van der Waals surface area contributed by atoms with Gasteiger partial charge in [0, 0.05) is 19.6 Å². The first-order valence-corrected chi connectivity index (χ1v) is 5.85. The molecule has 0 aromatic carbocycles. The first-order chi connectivity index (χ1) is 8.85. The van der Waals surface area contributed by atoms with E-state index in [1.165, 1.54) is 0 Å². The van der Waals surface area contributed by atoms with E-state index in [-0.39, 0.29) is 0 Å². The fourth-order valence-electron chi connectivity index (χ4n) is 2.03. The van der Waals surface area contributed by atoms with Crippen LogP contribution in [0.3, 0.4) is 0 Å². The summed E-state index contributed by atoms with van der Waals surface area (Å²) in [4.78, 5) is 7.22. The molecule has 0 saturated carbocycles. The number of ether oxygens (including phenoxy) is 1. The number of aromatic nitrogens is 3. The highest BCUT2D eigenvalue weighted by Crippen LogP contribution is 2.20. The molecule has 2 aromatic heterocycles. The summed E-state index contributed by atoms with van der Waals surface area (Å²) in [5, 5.41) is 12.7. The highest BCUT2D eigenvalue weighted by molar-refractivity contribution is 5.49. The number of hydrogen-bond acceptors (Lipinski definition) is 5. The summed E-state index contributed by atoms with van der Waals surface area (Å²) >= 11 is 0. The first kappa shape index (κ1) is 11.0. The third-order valence-corrected chi connectivity index (χ3v) is 3.00. The fraction of sp³-hybridized carbons (Fsp3) is 0.417. The lowest BCUT2D eigenvalue weighted by Crippen LogP contribution is -2.04. The average molecular weight is 244 g/mol. The topological polar surface area (TPSA) is 87.7 Å². The predicted octanol–water partition coefficient (Wildman–Crippen LogP) is 1.52. The van der Waals surface area contributed by atoms with Crippen LogP contribution in [0.2, 0.25) is 0 Å². The first-order valence-electron chi connectivity index (χ1n) is 5.85. The monoisotopic (exact) mass is 244 g/mol. The Hall–Kier alpha value is -2.13. The average Bonchev–Trinajstić information content (AvgIpc) is 3.09. The van der Waals surface area contributed by atoms with Crippen LogP contribution in [0.15, 0.2) is 16.7 Å². The molecule has 0 aliphatic carbocycles. The molecule has 3 heterocycles. The summed E-state index contributed by atoms with van der Waals surface area (Å²) in [5.74, 6) is 1.59. The zero-order valence-corrected chi connectivity index (χ0v) is 9.72. The lowest BCUT2D eigenvalue weighted by atomic mass is 10.1. The van der Waals surface area contributed by atoms with E-state index < -0.39 is 0 Å². The molecule has 1 fully saturated rings. The van der Waals surface area contributed by atoms with Gasteiger partial charge >= 0.3 is 0 Å². The third-order valence-electron chi connectivity index (χ3n) is 3.00. The Balaban J connectivity index is 1.74. The van der Waals surface area contributed by atoms with E-state index in [0.29, 0.717) is 29.0 Å². The van der Waals surface area contributed by atoms with Crippen molar-refractivity contribution >= 4 is 0 Å². The number of H-pyrrole nitrogens is 1. The summed E-state index contributed by atoms with van der Waals surface area (Å²) in [6, 6.07) is 5.46. The predicted molar refractivity (Wildman–Crippen MR) is 61.4 cm³/mol. The molecule has 6 nitrogen and oxygen atoms in total. The maximum atomic E-state index is 8.73. The van der Waals surface area contributed by atoms with E-state index in [1.807, 2.05) is 6.07 Å². The van der Waals surface area contributed by atoms with Gasteiger partial charge in [-0.05, 0) is 24.5 Å². The van der Waals surface area contributed by atoms with Crippen molar-refractivity contribution in [3.63, 3.8) is 0 Å². The number of nitrogens with zero attached hydrogens (tertiary/aromatic N) is 3. The van der Waals surface area contributed by atoms with E-state index >= 15 is 0 Å². The molecular formula is C12H12N4O2. The van der Waals surface area contributed by atoms with Crippen LogP contribution in [0.1, 0.15) is 17.9 Å². The van der Waals surface area contributed by atoms with Gasteiger partial charge in [-0.1, -0.05) is 5.16 Å². The molecule has 2 aromatic rings. The summed E-state index contributed by atoms with van der Waals surface area (Å²) in [6.07, 6.45) is 1.82. The Morgan fingerprint density at radius 3 is 3.17 bits per heavy atom. The van der Waals surface area contributed by atoms with Gasteiger partial charge in [-0.15, -0.1) is 0 Å². The van der Waals surface area contributed by atoms with Crippen molar-refractivity contribution in [3.05, 3.63) is 23.7 Å². The van der Waals surface area contributed by atoms with Gasteiger partial charge in [0.05, 0.1) is 0 Å². The molecule has 1 atom stereocenters. The van der Waals surface area contributed by atoms with Gasteiger partial charge in [0.1, 0.15) is 17.5 Å². The zero-order valence-electron chi connectivity index (χ0n) is 9.72. The molecule has 1 saturated heterocycles. The second kappa shape index (κ2) is 4.63. The summed E-state index contributed by atoms with van der Waals surface area (Å²) < 4.78 is 10.5. The number of hydrogen-bond donors (Lipinski definition) is 1. The standard InChI is InChI=1S/C12H12N4O2/c13-6-9-1-2-10(14-9)12-15-11(16-18-12)5-8-3-4-17-7-8/h1-2,8,14H,3-5,7H2. The number of aromatic amines is 1. The Morgan fingerprint density at radius 1 is 1.50 bits per heavy atom. The molecule has 6 heteroatoms. The van der Waals surface area contributed by atoms with Crippen molar-refractivity contribution in [2.45, 2.75) is 12.8 Å². The van der Waals surface area contributed by atoms with Crippen LogP contribution >= 0.6 is 0 Å². The number of nitriles is 1. The Labute approximate surface area is 104 Å². The van der Waals surface area contributed by atoms with Crippen molar-refractivity contribution in [2.24, 2.45) is 5.92 Å². The minimum absolute atomic E-state index is 0.422. The lowest BCUT2D eigenvalue weighted by molar-refractivity contribution is 0.185. The van der Waals surface area contributed by atoms with E-state index in [9.17, 15) is 0 Å². The molecule has 1 aliphatic rings. The van der Waals surface area contributed by atoms with Crippen LogP contribution in [-0.4, -0.2) is 28.3 Å². The van der Waals surface area contributed by atoms with Crippen molar-refractivity contribution < 1.29 is 9.26 Å². The summed E-state index contributed by atoms with van der Waals surface area (Å²) in [7, 11) is 0. The van der Waals surface area contributed by atoms with Crippen LogP contribution < -0.4 is 0 Å². The van der Waals surface area contributed by atoms with Gasteiger partial charge in [0.2, 0.25) is 0 Å². The van der Waals surface area contributed by atoms with E-state index in [0.717, 1.165) is 26.1 Å². The molecular weight excluding hydrogens is 232 g/mol. The van der Waals surface area contributed by atoms with Crippen LogP contribution in [0.4, 0.5) is 0 Å². The van der Waals surface area contributed by atoms with Crippen molar-refractivity contribution in [1.82, 2.24) is 15.1 Å². The van der Waals surface area contributed by atoms with Crippen molar-refractivity contribution in [1.29, 1.82) is 5.26 Å². The second-order valence-corrected chi connectivity index (χ2v) is 4.35. The molecule has 0 radical (unpaired) electrons. The van der Waals surface area contributed by atoms with Gasteiger partial charge < -0.3 is 14.2 Å². The molecule has 1 unspecified atom stereocenters. The van der Waals surface area contributed by atoms with Gasteiger partial charge in [-0.2, -0.15) is 10.2 Å². The second-order valence-electron chi connectivity index (χ2n) is 4.35. The van der Waals surface area contributed by atoms with Crippen LogP contribution in [-0.2, 0) is 11.2 Å². The maximum Gasteiger partial charge on any atom is 0.274 e. The molecule has 0 spiro atoms. The minimum atomic E-state index is 0.422. The smallest absolute Gasteiger partial charge is 0.274 e. The van der Waals surface area contributed by atoms with E-state index in [4.69, 9.17) is 14.5 Å². The Bertz CT molecular complexity index is 575. The highest BCUT2D eigenvalue weighted by Gasteiger charge is 2.19. The molecule has 92 valence electrons. The quantitative estimate of drug-likeness (QED) is 0.884. The third kappa shape index (κ3) is 2.13. The van der Waals surface area contributed by atoms with E-state index in [1.54, 1.807) is 12.1 Å². The van der Waals surface area contributed by atoms with Crippen molar-refractivity contribution in [2.75, 3.05) is 13.2 Å². The minimum Gasteiger partial charge on any atom is -0.381 e. The molecule has 3 rings (SSSR count). The molecule has 0 bridgehead atoms. The van der Waals surface area contributed by atoms with Crippen LogP contribution in [0.5, 0.6) is 0 Å². The fourth-order valence-corrected chi connectivity index (χ4v) is 2.03. The largest absolute Gasteiger partial charge is 0.381 e. The lowest BCUT2D eigenvalue weighted by Gasteiger charge is -2.00. The SMILES string of the molecule is N#Cc1ccc(-c2nc(CC3CCOC3)no2)[nH]1. The molecule has 1 N–H and O–H groups in total. The van der Waals surface area contributed by atoms with Crippen molar-refractivity contribution in [3.8, 4) is 17.7 Å². The molecule has 0 amide bonds. The Kier molecular flexibility index (Phi) is 2.82. The normalized spacial score (nSPS) is 18.9. The van der Waals surface area contributed by atoms with Crippen LogP contribution in [0.25, 0.3) is 11.6 Å². The molecule has 18 heavy (non-hydrogen) atoms. The number of nitrogens with one attached hydrogen (secondary N) is 1. The van der Waals surface area contributed by atoms with Gasteiger partial charge in [0.25, 0.3) is 5.89 Å². The number of rotatable bonds is 3. The van der Waals surface area contributed by atoms with Crippen LogP contribution in [0, 0.1) is 17.2 Å². The Morgan fingerprint density at radius 2 is 2.44 bits per heavy atom. The zero-order chi connectivity index (χ0) is 12.4. The summed E-state index contributed by atoms with van der Waals surface area (Å²) in [6.45, 7) is 1.59. The van der Waals surface area contributed by atoms with E-state index in [2.05, 4.69) is 15.1 Å². The summed E-state index contributed by atoms with van der Waals surface area (Å²) in [5.41, 5.74) is 1.15. The molecule has 1 aliphatic heterocycles. The van der Waals surface area contributed by atoms with Gasteiger partial charge in [-0.25, -0.2) is 0 Å². The van der Waals surface area contributed by atoms with Gasteiger partial charge in [0.15, 0.2) is 5.82 Å². The maximum absolute atomic E-state index is 8.73. The van der Waals surface area contributed by atoms with Gasteiger partial charge in [-0.3, -0.25) is 0 Å².